The van der Waals surface area contributed by atoms with Gasteiger partial charge in [0.05, 0.1) is 7.11 Å². The quantitative estimate of drug-likeness (QED) is 0.483. The van der Waals surface area contributed by atoms with Gasteiger partial charge in [-0.25, -0.2) is 5.84 Å². The van der Waals surface area contributed by atoms with Crippen LogP contribution in [0.5, 0.6) is 11.5 Å². The Morgan fingerprint density at radius 1 is 1.29 bits per heavy atom. The van der Waals surface area contributed by atoms with Gasteiger partial charge in [0.25, 0.3) is 0 Å². The molecule has 2 rings (SSSR count). The summed E-state index contributed by atoms with van der Waals surface area (Å²) in [7, 11) is 1.60. The first kappa shape index (κ1) is 14.9. The van der Waals surface area contributed by atoms with Gasteiger partial charge in [0.1, 0.15) is 12.4 Å². The number of methoxy groups -OCH3 is 1. The van der Waals surface area contributed by atoms with Crippen molar-refractivity contribution >= 4 is 5.91 Å². The molecular weight excluding hydrogens is 272 g/mol. The van der Waals surface area contributed by atoms with Gasteiger partial charge in [-0.15, -0.1) is 0 Å². The molecule has 0 radical (unpaired) electrons. The van der Waals surface area contributed by atoms with Crippen LogP contribution in [0.15, 0.2) is 34.7 Å². The van der Waals surface area contributed by atoms with E-state index in [-0.39, 0.29) is 12.4 Å². The molecule has 6 nitrogen and oxygen atoms in total. The van der Waals surface area contributed by atoms with Crippen LogP contribution >= 0.6 is 0 Å². The smallest absolute Gasteiger partial charge is 0.300 e. The van der Waals surface area contributed by atoms with Crippen molar-refractivity contribution < 1.29 is 18.7 Å². The maximum Gasteiger partial charge on any atom is 0.300 e. The third kappa shape index (κ3) is 3.55. The Bertz CT molecular complexity index is 622. The van der Waals surface area contributed by atoms with Gasteiger partial charge in [-0.05, 0) is 36.2 Å². The molecule has 0 unspecified atom stereocenters. The summed E-state index contributed by atoms with van der Waals surface area (Å²) >= 11 is 0. The minimum absolute atomic E-state index is 0.143. The zero-order chi connectivity index (χ0) is 15.2. The Balaban J connectivity index is 2.06. The van der Waals surface area contributed by atoms with E-state index in [2.05, 4.69) is 6.92 Å². The number of hydrogen-bond donors (Lipinski definition) is 2. The Kier molecular flexibility index (Phi) is 4.84. The van der Waals surface area contributed by atoms with Gasteiger partial charge in [0.15, 0.2) is 17.3 Å². The van der Waals surface area contributed by atoms with E-state index in [1.165, 1.54) is 11.6 Å². The van der Waals surface area contributed by atoms with Gasteiger partial charge in [-0.1, -0.05) is 13.0 Å². The highest BCUT2D eigenvalue weighted by atomic mass is 16.5. The predicted molar refractivity (Wildman–Crippen MR) is 77.1 cm³/mol. The number of aryl methyl sites for hydroxylation is 1. The fraction of sp³-hybridized carbons (Fsp3) is 0.267. The van der Waals surface area contributed by atoms with E-state index in [0.29, 0.717) is 17.3 Å². The van der Waals surface area contributed by atoms with Crippen LogP contribution in [0.25, 0.3) is 0 Å². The number of hydrogen-bond acceptors (Lipinski definition) is 5. The molecule has 1 amide bonds. The molecule has 0 fully saturated rings. The fourth-order valence-electron chi connectivity index (χ4n) is 1.85. The minimum Gasteiger partial charge on any atom is -0.493 e. The number of amides is 1. The maximum absolute atomic E-state index is 11.3. The lowest BCUT2D eigenvalue weighted by Crippen LogP contribution is -2.29. The summed E-state index contributed by atoms with van der Waals surface area (Å²) in [5, 5.41) is 0. The first-order chi connectivity index (χ1) is 10.2. The normalized spacial score (nSPS) is 10.2. The summed E-state index contributed by atoms with van der Waals surface area (Å²) in [5.74, 6) is 6.51. The number of benzene rings is 1. The van der Waals surface area contributed by atoms with Gasteiger partial charge in [-0.2, -0.15) is 0 Å². The summed E-state index contributed by atoms with van der Waals surface area (Å²) < 4.78 is 16.3. The van der Waals surface area contributed by atoms with Crippen molar-refractivity contribution in [3.05, 3.63) is 47.4 Å². The van der Waals surface area contributed by atoms with E-state index >= 15 is 0 Å². The molecule has 6 heteroatoms. The van der Waals surface area contributed by atoms with E-state index in [0.717, 1.165) is 6.42 Å². The Hall–Kier alpha value is -2.47. The van der Waals surface area contributed by atoms with Crippen molar-refractivity contribution in [1.82, 2.24) is 5.43 Å². The molecule has 0 aliphatic carbocycles. The molecule has 1 aromatic heterocycles. The highest BCUT2D eigenvalue weighted by Gasteiger charge is 2.11. The van der Waals surface area contributed by atoms with Gasteiger partial charge in [-0.3, -0.25) is 10.2 Å². The van der Waals surface area contributed by atoms with Crippen molar-refractivity contribution in [3.63, 3.8) is 0 Å². The number of nitrogens with one attached hydrogen (secondary N) is 1. The topological polar surface area (TPSA) is 86.7 Å². The number of rotatable bonds is 6. The van der Waals surface area contributed by atoms with Crippen LogP contribution < -0.4 is 20.7 Å². The standard InChI is InChI=1S/C15H18N2O4/c1-3-10-4-6-12(14(8-10)19-2)20-9-11-5-7-13(21-11)15(18)17-16/h4-8H,3,9,16H2,1-2H3,(H,17,18). The monoisotopic (exact) mass is 290 g/mol. The minimum atomic E-state index is -0.480. The summed E-state index contributed by atoms with van der Waals surface area (Å²) in [6.45, 7) is 2.27. The molecule has 0 bridgehead atoms. The largest absolute Gasteiger partial charge is 0.493 e. The highest BCUT2D eigenvalue weighted by Crippen LogP contribution is 2.29. The number of nitrogen functional groups attached to an aromatic ring is 1. The zero-order valence-electron chi connectivity index (χ0n) is 12.0. The molecule has 0 spiro atoms. The molecule has 0 saturated heterocycles. The summed E-state index contributed by atoms with van der Waals surface area (Å²) in [5.41, 5.74) is 3.17. The SMILES string of the molecule is CCc1ccc(OCc2ccc(C(=O)NN)o2)c(OC)c1. The van der Waals surface area contributed by atoms with Crippen LogP contribution in [0.1, 0.15) is 28.8 Å². The fourth-order valence-corrected chi connectivity index (χ4v) is 1.85. The van der Waals surface area contributed by atoms with Crippen LogP contribution in [0.3, 0.4) is 0 Å². The molecule has 0 aliphatic heterocycles. The predicted octanol–water partition coefficient (Wildman–Crippen LogP) is 2.03. The molecular formula is C15H18N2O4. The molecule has 0 saturated carbocycles. The van der Waals surface area contributed by atoms with E-state index in [4.69, 9.17) is 19.7 Å². The van der Waals surface area contributed by atoms with Gasteiger partial charge >= 0.3 is 5.91 Å². The number of carbonyl (C=O) groups is 1. The number of nitrogens with two attached hydrogens (primary N) is 1. The van der Waals surface area contributed by atoms with Crippen LogP contribution in [0.2, 0.25) is 0 Å². The van der Waals surface area contributed by atoms with Crippen molar-refractivity contribution in [2.45, 2.75) is 20.0 Å². The molecule has 1 heterocycles. The molecule has 1 aromatic carbocycles. The first-order valence-electron chi connectivity index (χ1n) is 6.57. The average molecular weight is 290 g/mol. The van der Waals surface area contributed by atoms with E-state index in [1.54, 1.807) is 13.2 Å². The third-order valence-electron chi connectivity index (χ3n) is 3.02. The molecule has 112 valence electrons. The number of carbonyl (C=O) groups excluding carboxylic acids is 1. The van der Waals surface area contributed by atoms with Gasteiger partial charge in [0.2, 0.25) is 0 Å². The third-order valence-corrected chi connectivity index (χ3v) is 3.02. The second-order valence-corrected chi connectivity index (χ2v) is 4.37. The Labute approximate surface area is 122 Å². The summed E-state index contributed by atoms with van der Waals surface area (Å²) in [6.07, 6.45) is 0.923. The molecule has 3 N–H and O–H groups in total. The van der Waals surface area contributed by atoms with Crippen LogP contribution in [0.4, 0.5) is 0 Å². The Morgan fingerprint density at radius 3 is 2.76 bits per heavy atom. The summed E-state index contributed by atoms with van der Waals surface area (Å²) in [4.78, 5) is 11.3. The lowest BCUT2D eigenvalue weighted by atomic mass is 10.1. The molecule has 21 heavy (non-hydrogen) atoms. The summed E-state index contributed by atoms with van der Waals surface area (Å²) in [6, 6.07) is 8.97. The van der Waals surface area contributed by atoms with Crippen molar-refractivity contribution in [2.75, 3.05) is 7.11 Å². The lowest BCUT2D eigenvalue weighted by molar-refractivity contribution is 0.0921. The second-order valence-electron chi connectivity index (χ2n) is 4.37. The van der Waals surface area contributed by atoms with E-state index < -0.39 is 5.91 Å². The van der Waals surface area contributed by atoms with E-state index in [1.807, 2.05) is 23.6 Å². The van der Waals surface area contributed by atoms with Crippen molar-refractivity contribution in [2.24, 2.45) is 5.84 Å². The van der Waals surface area contributed by atoms with Crippen molar-refractivity contribution in [3.8, 4) is 11.5 Å². The molecule has 2 aromatic rings. The zero-order valence-corrected chi connectivity index (χ0v) is 12.0. The number of hydrazine groups is 1. The number of furan rings is 1. The Morgan fingerprint density at radius 2 is 2.10 bits per heavy atom. The lowest BCUT2D eigenvalue weighted by Gasteiger charge is -2.10. The maximum atomic E-state index is 11.3. The van der Waals surface area contributed by atoms with E-state index in [9.17, 15) is 4.79 Å². The van der Waals surface area contributed by atoms with Crippen molar-refractivity contribution in [1.29, 1.82) is 0 Å². The molecule has 0 aliphatic rings. The highest BCUT2D eigenvalue weighted by molar-refractivity contribution is 5.90. The van der Waals surface area contributed by atoms with Gasteiger partial charge < -0.3 is 13.9 Å². The second kappa shape index (κ2) is 6.81. The van der Waals surface area contributed by atoms with Gasteiger partial charge in [0, 0.05) is 0 Å². The number of ether oxygens (including phenoxy) is 2. The molecule has 0 atom stereocenters. The average Bonchev–Trinajstić information content (AvgIpc) is 3.00. The van der Waals surface area contributed by atoms with Crippen LogP contribution in [-0.2, 0) is 13.0 Å². The van der Waals surface area contributed by atoms with Crippen LogP contribution in [-0.4, -0.2) is 13.0 Å². The van der Waals surface area contributed by atoms with Crippen LogP contribution in [0, 0.1) is 0 Å². The first-order valence-corrected chi connectivity index (χ1v) is 6.57.